The molecule has 0 aliphatic carbocycles. The largest absolute Gasteiger partial charge is 0.464 e. The molecular weight excluding hydrogens is 701 g/mol. The molecule has 5 heteroatoms. The van der Waals surface area contributed by atoms with Crippen LogP contribution in [0.3, 0.4) is 0 Å². The normalized spacial score (nSPS) is 12.6. The van der Waals surface area contributed by atoms with Gasteiger partial charge >= 0.3 is 0 Å². The molecule has 1 aromatic heterocycles. The first kappa shape index (κ1) is 33.8. The molecule has 0 saturated heterocycles. The van der Waals surface area contributed by atoms with Crippen molar-refractivity contribution < 1.29 is 13.9 Å². The monoisotopic (exact) mass is 736 g/mol. The van der Waals surface area contributed by atoms with Crippen molar-refractivity contribution in [3.63, 3.8) is 0 Å². The molecule has 0 N–H and O–H groups in total. The zero-order valence-electron chi connectivity index (χ0n) is 31.0. The molecule has 3 heterocycles. The third kappa shape index (κ3) is 5.90. The summed E-state index contributed by atoms with van der Waals surface area (Å²) in [6.45, 7) is 8.02. The summed E-state index contributed by atoms with van der Waals surface area (Å²) in [5, 5.41) is 3.18. The molecule has 272 valence electrons. The van der Waals surface area contributed by atoms with Crippen LogP contribution in [-0.4, -0.2) is 0 Å². The lowest BCUT2D eigenvalue weighted by molar-refractivity contribution is 0.480. The Hall–Kier alpha value is -7.76. The highest BCUT2D eigenvalue weighted by Crippen LogP contribution is 2.56. The fourth-order valence-electron chi connectivity index (χ4n) is 7.92. The Morgan fingerprint density at radius 3 is 1.79 bits per heavy atom. The Balaban J connectivity index is 1.01. The zero-order chi connectivity index (χ0) is 38.3. The van der Waals surface area contributed by atoms with Crippen molar-refractivity contribution in [2.75, 3.05) is 9.80 Å². The summed E-state index contributed by atoms with van der Waals surface area (Å²) in [5.41, 5.74) is 11.1. The molecular formula is C52H36N2O3. The first-order chi connectivity index (χ1) is 28.2. The molecule has 10 rings (SSSR count). The number of ether oxygens (including phenoxy) is 2. The summed E-state index contributed by atoms with van der Waals surface area (Å²) in [6, 6.07) is 49.9. The number of para-hydroxylation sites is 3. The Labute approximate surface area is 331 Å². The smallest absolute Gasteiger partial charge is 0.137 e. The Kier molecular flexibility index (Phi) is 8.38. The SMILES string of the molecule is C=C/C=C(\C=C)N(c1ccccc1)c1ccc2c(c1)Oc1ccc3c4c(ccc-2c14)Oc1cc(N(/C=C/C=C\c2coc4ccccc24)c2ccccc2)ccc1-3. The van der Waals surface area contributed by atoms with Crippen LogP contribution >= 0.6 is 0 Å². The second kappa shape index (κ2) is 14.1. The second-order valence-electron chi connectivity index (χ2n) is 13.8. The van der Waals surface area contributed by atoms with E-state index in [-0.39, 0.29) is 0 Å². The van der Waals surface area contributed by atoms with Gasteiger partial charge < -0.3 is 23.7 Å². The van der Waals surface area contributed by atoms with Crippen LogP contribution in [0.5, 0.6) is 23.0 Å². The van der Waals surface area contributed by atoms with Gasteiger partial charge in [0.05, 0.1) is 6.26 Å². The molecule has 7 aromatic carbocycles. The maximum atomic E-state index is 6.76. The van der Waals surface area contributed by atoms with Gasteiger partial charge in [0.2, 0.25) is 0 Å². The number of anilines is 4. The van der Waals surface area contributed by atoms with Crippen LogP contribution in [0, 0.1) is 0 Å². The molecule has 0 saturated carbocycles. The van der Waals surface area contributed by atoms with Crippen LogP contribution in [0.2, 0.25) is 0 Å². The maximum Gasteiger partial charge on any atom is 0.137 e. The number of nitrogens with zero attached hydrogens (tertiary/aromatic N) is 2. The topological polar surface area (TPSA) is 38.1 Å². The molecule has 0 fully saturated rings. The van der Waals surface area contributed by atoms with Crippen molar-refractivity contribution in [2.45, 2.75) is 0 Å². The van der Waals surface area contributed by atoms with Crippen LogP contribution < -0.4 is 19.3 Å². The van der Waals surface area contributed by atoms with E-state index in [9.17, 15) is 0 Å². The van der Waals surface area contributed by atoms with Gasteiger partial charge in [-0.1, -0.05) is 86.0 Å². The molecule has 2 aliphatic rings. The van der Waals surface area contributed by atoms with E-state index in [1.54, 1.807) is 12.3 Å². The summed E-state index contributed by atoms with van der Waals surface area (Å²) in [4.78, 5) is 4.32. The fraction of sp³-hybridized carbons (Fsp3) is 0. The molecule has 0 amide bonds. The summed E-state index contributed by atoms with van der Waals surface area (Å²) in [5.74, 6) is 3.19. The van der Waals surface area contributed by atoms with Gasteiger partial charge in [0, 0.05) is 79.6 Å². The van der Waals surface area contributed by atoms with Crippen molar-refractivity contribution in [1.82, 2.24) is 0 Å². The van der Waals surface area contributed by atoms with Crippen molar-refractivity contribution in [1.29, 1.82) is 0 Å². The summed E-state index contributed by atoms with van der Waals surface area (Å²) >= 11 is 0. The lowest BCUT2D eigenvalue weighted by atomic mass is 9.88. The number of benzene rings is 7. The highest BCUT2D eigenvalue weighted by Gasteiger charge is 2.29. The van der Waals surface area contributed by atoms with Crippen molar-refractivity contribution in [3.8, 4) is 45.3 Å². The average Bonchev–Trinajstić information content (AvgIpc) is 3.68. The van der Waals surface area contributed by atoms with E-state index in [2.05, 4.69) is 126 Å². The van der Waals surface area contributed by atoms with E-state index in [0.29, 0.717) is 0 Å². The van der Waals surface area contributed by atoms with E-state index >= 15 is 0 Å². The number of rotatable bonds is 10. The number of hydrogen-bond acceptors (Lipinski definition) is 5. The van der Waals surface area contributed by atoms with Gasteiger partial charge in [-0.3, -0.25) is 0 Å². The van der Waals surface area contributed by atoms with E-state index in [4.69, 9.17) is 13.9 Å². The lowest BCUT2D eigenvalue weighted by Gasteiger charge is -2.30. The van der Waals surface area contributed by atoms with Crippen LogP contribution in [0.15, 0.2) is 212 Å². The molecule has 0 spiro atoms. The Bertz CT molecular complexity index is 2950. The summed E-state index contributed by atoms with van der Waals surface area (Å²) in [6.07, 6.45) is 15.6. The quantitative estimate of drug-likeness (QED) is 0.131. The van der Waals surface area contributed by atoms with Crippen LogP contribution in [0.25, 0.3) is 50.1 Å². The Morgan fingerprint density at radius 1 is 0.526 bits per heavy atom. The number of hydrogen-bond donors (Lipinski definition) is 0. The third-order valence-electron chi connectivity index (χ3n) is 10.5. The standard InChI is InChI=1S/C52H36N2O3/c1-3-15-36(4-2)54(38-19-9-6-10-20-38)40-24-26-43-45-28-29-47-51-44(27-30-48(52(45)51)57-50(43)33-40)42-25-23-39(32-49(42)56-47)53(37-17-7-5-8-18-37)31-14-13-16-35-34-55-46-22-12-11-21-41(35)46/h3-34H,1-2H2/b16-13-,31-14+,36-15+. The van der Waals surface area contributed by atoms with Crippen molar-refractivity contribution in [3.05, 3.63) is 213 Å². The van der Waals surface area contributed by atoms with Crippen molar-refractivity contribution >= 4 is 50.6 Å². The van der Waals surface area contributed by atoms with Crippen LogP contribution in [0.4, 0.5) is 22.7 Å². The van der Waals surface area contributed by atoms with Crippen molar-refractivity contribution in [2.24, 2.45) is 0 Å². The van der Waals surface area contributed by atoms with Crippen LogP contribution in [0.1, 0.15) is 5.56 Å². The van der Waals surface area contributed by atoms with E-state index in [1.165, 1.54) is 0 Å². The lowest BCUT2D eigenvalue weighted by Crippen LogP contribution is -2.15. The molecule has 0 radical (unpaired) electrons. The molecule has 57 heavy (non-hydrogen) atoms. The second-order valence-corrected chi connectivity index (χ2v) is 13.8. The fourth-order valence-corrected chi connectivity index (χ4v) is 7.92. The Morgan fingerprint density at radius 2 is 1.12 bits per heavy atom. The predicted molar refractivity (Wildman–Crippen MR) is 235 cm³/mol. The zero-order valence-corrected chi connectivity index (χ0v) is 31.0. The van der Waals surface area contributed by atoms with Crippen LogP contribution in [-0.2, 0) is 0 Å². The predicted octanol–water partition coefficient (Wildman–Crippen LogP) is 14.9. The third-order valence-corrected chi connectivity index (χ3v) is 10.5. The number of furan rings is 1. The molecule has 0 unspecified atom stereocenters. The maximum absolute atomic E-state index is 6.76. The highest BCUT2D eigenvalue weighted by atomic mass is 16.5. The van der Waals surface area contributed by atoms with E-state index < -0.39 is 0 Å². The molecule has 0 bridgehead atoms. The van der Waals surface area contributed by atoms with Gasteiger partial charge in [0.1, 0.15) is 28.6 Å². The molecule has 2 aliphatic heterocycles. The van der Waals surface area contributed by atoms with Gasteiger partial charge in [-0.05, 0) is 108 Å². The minimum Gasteiger partial charge on any atom is -0.464 e. The van der Waals surface area contributed by atoms with E-state index in [1.807, 2.05) is 78.9 Å². The molecule has 8 aromatic rings. The number of allylic oxidation sites excluding steroid dienone is 5. The average molecular weight is 737 g/mol. The molecule has 5 nitrogen and oxygen atoms in total. The summed E-state index contributed by atoms with van der Waals surface area (Å²) < 4.78 is 19.2. The van der Waals surface area contributed by atoms with Gasteiger partial charge in [-0.25, -0.2) is 0 Å². The molecule has 0 atom stereocenters. The van der Waals surface area contributed by atoms with E-state index in [0.717, 1.165) is 101 Å². The van der Waals surface area contributed by atoms with Gasteiger partial charge in [0.15, 0.2) is 0 Å². The minimum atomic E-state index is 0.787. The first-order valence-corrected chi connectivity index (χ1v) is 18.9. The highest BCUT2D eigenvalue weighted by molar-refractivity contribution is 6.14. The first-order valence-electron chi connectivity index (χ1n) is 18.9. The van der Waals surface area contributed by atoms with Gasteiger partial charge in [-0.2, -0.15) is 0 Å². The van der Waals surface area contributed by atoms with Gasteiger partial charge in [0.25, 0.3) is 0 Å². The number of fused-ring (bicyclic) bond motifs is 5. The minimum absolute atomic E-state index is 0.787. The summed E-state index contributed by atoms with van der Waals surface area (Å²) in [7, 11) is 0. The van der Waals surface area contributed by atoms with Gasteiger partial charge in [-0.15, -0.1) is 0 Å².